The quantitative estimate of drug-likeness (QED) is 0.263. The van der Waals surface area contributed by atoms with Gasteiger partial charge in [0.15, 0.2) is 0 Å². The van der Waals surface area contributed by atoms with E-state index in [-0.39, 0.29) is 30.2 Å². The summed E-state index contributed by atoms with van der Waals surface area (Å²) in [5.41, 5.74) is 0.603. The lowest BCUT2D eigenvalue weighted by atomic mass is 10.0. The second-order valence-corrected chi connectivity index (χ2v) is 9.95. The molecule has 2 N–H and O–H groups in total. The molecule has 0 radical (unpaired) electrons. The number of hydrogen-bond acceptors (Lipinski definition) is 6. The van der Waals surface area contributed by atoms with Crippen LogP contribution in [0.15, 0.2) is 48.5 Å². The van der Waals surface area contributed by atoms with Gasteiger partial charge in [-0.3, -0.25) is 4.79 Å². The van der Waals surface area contributed by atoms with Gasteiger partial charge >= 0.3 is 12.1 Å². The summed E-state index contributed by atoms with van der Waals surface area (Å²) < 4.78 is 29.6. The first kappa shape index (κ1) is 30.6. The Kier molecular flexibility index (Phi) is 12.0. The van der Waals surface area contributed by atoms with Crippen LogP contribution in [0.1, 0.15) is 75.4 Å². The first-order valence-corrected chi connectivity index (χ1v) is 12.9. The summed E-state index contributed by atoms with van der Waals surface area (Å²) in [6, 6.07) is 12.7. The lowest BCUT2D eigenvalue weighted by molar-refractivity contribution is -0.123. The summed E-state index contributed by atoms with van der Waals surface area (Å²) in [6.07, 6.45) is 0.449. The maximum atomic E-state index is 13.7. The Morgan fingerprint density at radius 1 is 1.00 bits per heavy atom. The molecule has 2 rings (SSSR count). The molecule has 0 fully saturated rings. The molecule has 1 unspecified atom stereocenters. The Hall–Kier alpha value is -3.62. The van der Waals surface area contributed by atoms with Crippen molar-refractivity contribution >= 4 is 18.0 Å². The summed E-state index contributed by atoms with van der Waals surface area (Å²) >= 11 is 0. The van der Waals surface area contributed by atoms with Crippen LogP contribution in [0.3, 0.4) is 0 Å². The van der Waals surface area contributed by atoms with Crippen LogP contribution in [-0.2, 0) is 27.3 Å². The lowest BCUT2D eigenvalue weighted by Crippen LogP contribution is -2.49. The van der Waals surface area contributed by atoms with Crippen LogP contribution in [0.25, 0.3) is 0 Å². The van der Waals surface area contributed by atoms with Gasteiger partial charge in [-0.05, 0) is 50.5 Å². The van der Waals surface area contributed by atoms with E-state index < -0.39 is 30.1 Å². The first-order valence-electron chi connectivity index (χ1n) is 12.9. The number of amides is 2. The van der Waals surface area contributed by atoms with Crippen LogP contribution in [0.5, 0.6) is 5.75 Å². The number of ether oxygens (including phenoxy) is 3. The van der Waals surface area contributed by atoms with Crippen LogP contribution >= 0.6 is 0 Å². The Labute approximate surface area is 224 Å². The van der Waals surface area contributed by atoms with Crippen molar-refractivity contribution < 1.29 is 33.0 Å². The van der Waals surface area contributed by atoms with Crippen LogP contribution in [0, 0.1) is 0 Å². The van der Waals surface area contributed by atoms with E-state index >= 15 is 0 Å². The van der Waals surface area contributed by atoms with E-state index in [4.69, 9.17) is 14.2 Å². The Morgan fingerprint density at radius 3 is 2.34 bits per heavy atom. The smallest absolute Gasteiger partial charge is 0.408 e. The third kappa shape index (κ3) is 11.2. The number of alkyl carbamates (subject to hydrolysis) is 1. The molecule has 0 bridgehead atoms. The molecule has 2 atom stereocenters. The van der Waals surface area contributed by atoms with Gasteiger partial charge in [-0.15, -0.1) is 0 Å². The summed E-state index contributed by atoms with van der Waals surface area (Å²) in [5, 5.41) is 5.47. The molecule has 0 saturated heterocycles. The molecule has 0 aliphatic rings. The van der Waals surface area contributed by atoms with Crippen molar-refractivity contribution in [2.24, 2.45) is 0 Å². The monoisotopic (exact) mass is 530 g/mol. The molecular formula is C29H39FN2O6. The zero-order chi connectivity index (χ0) is 28.1. The van der Waals surface area contributed by atoms with Crippen molar-refractivity contribution in [1.82, 2.24) is 10.6 Å². The normalized spacial score (nSPS) is 12.7. The zero-order valence-corrected chi connectivity index (χ0v) is 22.8. The number of hydrogen-bond donors (Lipinski definition) is 2. The zero-order valence-electron chi connectivity index (χ0n) is 22.8. The molecule has 0 heterocycles. The van der Waals surface area contributed by atoms with Crippen molar-refractivity contribution in [3.8, 4) is 5.75 Å². The number of halogens is 1. The average molecular weight is 531 g/mol. The second kappa shape index (κ2) is 15.0. The summed E-state index contributed by atoms with van der Waals surface area (Å²) in [4.78, 5) is 38.4. The third-order valence-corrected chi connectivity index (χ3v) is 5.29. The van der Waals surface area contributed by atoms with E-state index in [2.05, 4.69) is 17.6 Å². The van der Waals surface area contributed by atoms with Gasteiger partial charge in [0.2, 0.25) is 12.3 Å². The molecule has 2 aromatic carbocycles. The van der Waals surface area contributed by atoms with Gasteiger partial charge < -0.3 is 24.8 Å². The standard InChI is InChI=1S/C29H39FN2O6/c1-6-7-11-16-31-26(33)24(32-28(35)38-29(3,4)5)18-22-14-15-25(37-20(2)30)23(17-22)27(34)36-19-21-12-9-8-10-13-21/h8-10,12-15,17,20,24H,6-7,11,16,18-19H2,1-5H3,(H,31,33)(H,32,35)/t20?,24-/m0/s1. The van der Waals surface area contributed by atoms with Crippen molar-refractivity contribution in [1.29, 1.82) is 0 Å². The highest BCUT2D eigenvalue weighted by atomic mass is 19.1. The van der Waals surface area contributed by atoms with E-state index in [1.54, 1.807) is 26.8 Å². The molecule has 38 heavy (non-hydrogen) atoms. The number of alkyl halides is 1. The maximum absolute atomic E-state index is 13.7. The predicted octanol–water partition coefficient (Wildman–Crippen LogP) is 5.48. The van der Waals surface area contributed by atoms with Crippen molar-refractivity contribution in [2.75, 3.05) is 6.54 Å². The highest BCUT2D eigenvalue weighted by Crippen LogP contribution is 2.24. The van der Waals surface area contributed by atoms with Crippen LogP contribution < -0.4 is 15.4 Å². The Bertz CT molecular complexity index is 1050. The molecule has 0 saturated carbocycles. The number of carbonyl (C=O) groups is 3. The fraction of sp³-hybridized carbons (Fsp3) is 0.483. The predicted molar refractivity (Wildman–Crippen MR) is 143 cm³/mol. The number of esters is 1. The topological polar surface area (TPSA) is 103 Å². The van der Waals surface area contributed by atoms with Crippen molar-refractivity contribution in [2.45, 2.75) is 84.9 Å². The van der Waals surface area contributed by atoms with Crippen LogP contribution in [0.4, 0.5) is 9.18 Å². The largest absolute Gasteiger partial charge is 0.460 e. The molecule has 0 aliphatic carbocycles. The molecule has 0 spiro atoms. The van der Waals surface area contributed by atoms with E-state index in [9.17, 15) is 18.8 Å². The Morgan fingerprint density at radius 2 is 1.71 bits per heavy atom. The number of carbonyl (C=O) groups excluding carboxylic acids is 3. The lowest BCUT2D eigenvalue weighted by Gasteiger charge is -2.23. The summed E-state index contributed by atoms with van der Waals surface area (Å²) in [5.74, 6) is -1.06. The minimum Gasteiger partial charge on any atom is -0.460 e. The van der Waals surface area contributed by atoms with Gasteiger partial charge in [-0.25, -0.2) is 14.0 Å². The fourth-order valence-corrected chi connectivity index (χ4v) is 3.55. The molecule has 208 valence electrons. The number of unbranched alkanes of at least 4 members (excludes halogenated alkanes) is 2. The van der Waals surface area contributed by atoms with E-state index in [1.807, 2.05) is 30.3 Å². The van der Waals surface area contributed by atoms with Crippen molar-refractivity contribution in [3.05, 3.63) is 65.2 Å². The number of rotatable bonds is 13. The van der Waals surface area contributed by atoms with E-state index in [0.717, 1.165) is 24.8 Å². The summed E-state index contributed by atoms with van der Waals surface area (Å²) in [7, 11) is 0. The van der Waals surface area contributed by atoms with E-state index in [1.165, 1.54) is 19.1 Å². The molecule has 0 aromatic heterocycles. The fourth-order valence-electron chi connectivity index (χ4n) is 3.55. The molecule has 0 aliphatic heterocycles. The molecule has 2 aromatic rings. The highest BCUT2D eigenvalue weighted by Gasteiger charge is 2.26. The average Bonchev–Trinajstić information content (AvgIpc) is 2.84. The highest BCUT2D eigenvalue weighted by molar-refractivity contribution is 5.93. The minimum atomic E-state index is -1.66. The number of nitrogens with one attached hydrogen (secondary N) is 2. The van der Waals surface area contributed by atoms with Gasteiger partial charge in [-0.1, -0.05) is 56.2 Å². The Balaban J connectivity index is 2.25. The van der Waals surface area contributed by atoms with Crippen LogP contribution in [0.2, 0.25) is 0 Å². The SMILES string of the molecule is CCCCCNC(=O)[C@H](Cc1ccc(OC(C)F)c(C(=O)OCc2ccccc2)c1)NC(=O)OC(C)(C)C. The van der Waals surface area contributed by atoms with Gasteiger partial charge in [-0.2, -0.15) is 0 Å². The van der Waals surface area contributed by atoms with Gasteiger partial charge in [0.1, 0.15) is 29.6 Å². The molecular weight excluding hydrogens is 491 g/mol. The van der Waals surface area contributed by atoms with Gasteiger partial charge in [0, 0.05) is 19.9 Å². The maximum Gasteiger partial charge on any atom is 0.408 e. The van der Waals surface area contributed by atoms with Crippen molar-refractivity contribution in [3.63, 3.8) is 0 Å². The van der Waals surface area contributed by atoms with Gasteiger partial charge in [0.25, 0.3) is 0 Å². The summed E-state index contributed by atoms with van der Waals surface area (Å²) in [6.45, 7) is 8.94. The third-order valence-electron chi connectivity index (χ3n) is 5.29. The molecule has 2 amide bonds. The molecule has 9 heteroatoms. The number of benzene rings is 2. The minimum absolute atomic E-state index is 0.0160. The second-order valence-electron chi connectivity index (χ2n) is 9.95. The molecule has 8 nitrogen and oxygen atoms in total. The van der Waals surface area contributed by atoms with Gasteiger partial charge in [0.05, 0.1) is 0 Å². The van der Waals surface area contributed by atoms with E-state index in [0.29, 0.717) is 12.1 Å². The first-order chi connectivity index (χ1) is 18.0. The van der Waals surface area contributed by atoms with Crippen LogP contribution in [-0.4, -0.2) is 42.5 Å².